The Hall–Kier alpha value is -3.89. The molecular formula is C26H26Cl2N6O4. The van der Waals surface area contributed by atoms with Gasteiger partial charge in [-0.05, 0) is 29.7 Å². The van der Waals surface area contributed by atoms with Gasteiger partial charge < -0.3 is 19.8 Å². The first-order chi connectivity index (χ1) is 18.1. The number of benzene rings is 1. The van der Waals surface area contributed by atoms with Crippen LogP contribution < -0.4 is 25.7 Å². The van der Waals surface area contributed by atoms with Gasteiger partial charge in [0.2, 0.25) is 5.88 Å². The van der Waals surface area contributed by atoms with Gasteiger partial charge in [-0.25, -0.2) is 9.98 Å². The topological polar surface area (TPSA) is 125 Å². The summed E-state index contributed by atoms with van der Waals surface area (Å²) in [6.07, 6.45) is 3.01. The maximum absolute atomic E-state index is 13.7. The average molecular weight is 557 g/mol. The molecule has 0 bridgehead atoms. The summed E-state index contributed by atoms with van der Waals surface area (Å²) in [4.78, 5) is 40.7. The van der Waals surface area contributed by atoms with E-state index in [0.717, 1.165) is 5.56 Å². The SMILES string of the molecule is COc1ncc(N=C(C2=C(N)C(=O)N(c3cc(Cl)c(=O)n(C)c3)[C@@H]2c2ccc(Cl)cc2)C(C)C)c(OC)n1. The lowest BCUT2D eigenvalue weighted by Gasteiger charge is -2.29. The van der Waals surface area contributed by atoms with Crippen LogP contribution in [0.5, 0.6) is 11.9 Å². The Bertz CT molecular complexity index is 1490. The van der Waals surface area contributed by atoms with Gasteiger partial charge >= 0.3 is 6.01 Å². The first-order valence-electron chi connectivity index (χ1n) is 11.6. The summed E-state index contributed by atoms with van der Waals surface area (Å²) in [6.45, 7) is 3.87. The minimum atomic E-state index is -0.695. The molecule has 0 spiro atoms. The van der Waals surface area contributed by atoms with E-state index in [4.69, 9.17) is 43.4 Å². The van der Waals surface area contributed by atoms with E-state index in [1.807, 2.05) is 26.0 Å². The Morgan fingerprint density at radius 1 is 1.13 bits per heavy atom. The second-order valence-corrected chi connectivity index (χ2v) is 9.67. The Morgan fingerprint density at radius 2 is 1.82 bits per heavy atom. The summed E-state index contributed by atoms with van der Waals surface area (Å²) in [7, 11) is 4.47. The fourth-order valence-corrected chi connectivity index (χ4v) is 4.60. The molecular weight excluding hydrogens is 531 g/mol. The molecule has 2 aromatic heterocycles. The van der Waals surface area contributed by atoms with Gasteiger partial charge in [-0.1, -0.05) is 49.2 Å². The molecule has 1 amide bonds. The van der Waals surface area contributed by atoms with Crippen molar-refractivity contribution >= 4 is 46.2 Å². The minimum absolute atomic E-state index is 0.00997. The predicted octanol–water partition coefficient (Wildman–Crippen LogP) is 4.23. The van der Waals surface area contributed by atoms with Gasteiger partial charge in [0, 0.05) is 23.8 Å². The van der Waals surface area contributed by atoms with Gasteiger partial charge in [0.15, 0.2) is 0 Å². The van der Waals surface area contributed by atoms with Crippen LogP contribution in [0.2, 0.25) is 10.0 Å². The van der Waals surface area contributed by atoms with E-state index >= 15 is 0 Å². The highest BCUT2D eigenvalue weighted by atomic mass is 35.5. The summed E-state index contributed by atoms with van der Waals surface area (Å²) >= 11 is 12.4. The van der Waals surface area contributed by atoms with Crippen molar-refractivity contribution in [2.45, 2.75) is 19.9 Å². The van der Waals surface area contributed by atoms with Crippen molar-refractivity contribution < 1.29 is 14.3 Å². The number of hydrogen-bond acceptors (Lipinski definition) is 8. The van der Waals surface area contributed by atoms with Crippen LogP contribution in [-0.2, 0) is 11.8 Å². The first-order valence-corrected chi connectivity index (χ1v) is 12.3. The molecule has 0 aliphatic carbocycles. The Morgan fingerprint density at radius 3 is 2.39 bits per heavy atom. The van der Waals surface area contributed by atoms with Crippen molar-refractivity contribution in [2.75, 3.05) is 19.1 Å². The number of aliphatic imine (C=N–C) groups is 1. The summed E-state index contributed by atoms with van der Waals surface area (Å²) in [5.41, 5.74) is 8.63. The van der Waals surface area contributed by atoms with Gasteiger partial charge in [0.05, 0.1) is 37.9 Å². The van der Waals surface area contributed by atoms with E-state index in [1.54, 1.807) is 19.2 Å². The lowest BCUT2D eigenvalue weighted by Crippen LogP contribution is -2.33. The highest BCUT2D eigenvalue weighted by molar-refractivity contribution is 6.31. The van der Waals surface area contributed by atoms with Crippen LogP contribution in [0.4, 0.5) is 11.4 Å². The van der Waals surface area contributed by atoms with Gasteiger partial charge in [-0.15, -0.1) is 0 Å². The lowest BCUT2D eigenvalue weighted by atomic mass is 9.90. The molecule has 0 fully saturated rings. The molecule has 0 unspecified atom stereocenters. The van der Waals surface area contributed by atoms with Gasteiger partial charge in [-0.3, -0.25) is 14.5 Å². The monoisotopic (exact) mass is 556 g/mol. The van der Waals surface area contributed by atoms with Gasteiger partial charge in [0.1, 0.15) is 16.4 Å². The number of methoxy groups -OCH3 is 2. The van der Waals surface area contributed by atoms with Crippen molar-refractivity contribution in [3.63, 3.8) is 0 Å². The van der Waals surface area contributed by atoms with E-state index in [0.29, 0.717) is 27.7 Å². The zero-order valence-electron chi connectivity index (χ0n) is 21.4. The van der Waals surface area contributed by atoms with E-state index < -0.39 is 11.9 Å². The van der Waals surface area contributed by atoms with E-state index in [-0.39, 0.29) is 34.1 Å². The highest BCUT2D eigenvalue weighted by Crippen LogP contribution is 2.43. The fourth-order valence-electron chi connectivity index (χ4n) is 4.23. The molecule has 4 rings (SSSR count). The standard InChI is InChI=1S/C26H26Cl2N6O4/c1-13(2)21(31-18-11-30-26(38-5)32-23(18)37-4)19-20(29)25(36)34(16-10-17(28)24(35)33(3)12-16)22(19)14-6-8-15(27)9-7-14/h6-13,22H,29H2,1-5H3/t22-/m1/s1. The van der Waals surface area contributed by atoms with E-state index in [2.05, 4.69) is 9.97 Å². The van der Waals surface area contributed by atoms with Crippen LogP contribution in [-0.4, -0.2) is 40.4 Å². The lowest BCUT2D eigenvalue weighted by molar-refractivity contribution is -0.114. The Balaban J connectivity index is 1.96. The number of aryl methyl sites for hydroxylation is 1. The molecule has 0 saturated carbocycles. The number of hydrogen-bond donors (Lipinski definition) is 1. The number of carbonyl (C=O) groups is 1. The number of aromatic nitrogens is 3. The number of nitrogens with zero attached hydrogens (tertiary/aromatic N) is 5. The van der Waals surface area contributed by atoms with E-state index in [1.165, 1.54) is 42.1 Å². The number of ether oxygens (including phenoxy) is 2. The number of amides is 1. The maximum atomic E-state index is 13.7. The molecule has 0 radical (unpaired) electrons. The van der Waals surface area contributed by atoms with Crippen molar-refractivity contribution in [1.82, 2.24) is 14.5 Å². The minimum Gasteiger partial charge on any atom is -0.479 e. The van der Waals surface area contributed by atoms with E-state index in [9.17, 15) is 9.59 Å². The number of pyridine rings is 1. The number of anilines is 1. The molecule has 1 aromatic carbocycles. The average Bonchev–Trinajstić information content (AvgIpc) is 3.15. The molecule has 12 heteroatoms. The Kier molecular flexibility index (Phi) is 7.75. The van der Waals surface area contributed by atoms with Crippen LogP contribution in [0, 0.1) is 5.92 Å². The van der Waals surface area contributed by atoms with Crippen molar-refractivity contribution in [3.8, 4) is 11.9 Å². The van der Waals surface area contributed by atoms with Crippen molar-refractivity contribution in [3.05, 3.63) is 80.0 Å². The highest BCUT2D eigenvalue weighted by Gasteiger charge is 2.43. The second-order valence-electron chi connectivity index (χ2n) is 8.82. The summed E-state index contributed by atoms with van der Waals surface area (Å²) in [5, 5.41) is 0.503. The van der Waals surface area contributed by atoms with Gasteiger partial charge in [0.25, 0.3) is 11.5 Å². The Labute approximate surface area is 229 Å². The third-order valence-electron chi connectivity index (χ3n) is 6.01. The van der Waals surface area contributed by atoms with Crippen LogP contribution in [0.1, 0.15) is 25.5 Å². The molecule has 2 N–H and O–H groups in total. The van der Waals surface area contributed by atoms with Crippen molar-refractivity contribution in [2.24, 2.45) is 23.7 Å². The van der Waals surface area contributed by atoms with Gasteiger partial charge in [-0.2, -0.15) is 4.98 Å². The number of halogens is 2. The van der Waals surface area contributed by atoms with Crippen LogP contribution in [0.15, 0.2) is 63.8 Å². The summed E-state index contributed by atoms with van der Waals surface area (Å²) < 4.78 is 11.8. The largest absolute Gasteiger partial charge is 0.479 e. The summed E-state index contributed by atoms with van der Waals surface area (Å²) in [6, 6.07) is 7.96. The number of rotatable bonds is 7. The maximum Gasteiger partial charge on any atom is 0.319 e. The first kappa shape index (κ1) is 27.2. The fraction of sp³-hybridized carbons (Fsp3) is 0.269. The quantitative estimate of drug-likeness (QED) is 0.431. The second kappa shape index (κ2) is 10.8. The number of nitrogens with two attached hydrogens (primary N) is 1. The normalized spacial score (nSPS) is 16.0. The molecule has 198 valence electrons. The van der Waals surface area contributed by atoms with Crippen LogP contribution >= 0.6 is 23.2 Å². The summed E-state index contributed by atoms with van der Waals surface area (Å²) in [5.74, 6) is -0.439. The third kappa shape index (κ3) is 4.97. The molecule has 1 atom stereocenters. The molecule has 10 nitrogen and oxygen atoms in total. The molecule has 1 aliphatic heterocycles. The molecule has 1 aliphatic rings. The smallest absolute Gasteiger partial charge is 0.319 e. The predicted molar refractivity (Wildman–Crippen MR) is 147 cm³/mol. The zero-order chi connectivity index (χ0) is 27.7. The van der Waals surface area contributed by atoms with Crippen molar-refractivity contribution in [1.29, 1.82) is 0 Å². The molecule has 38 heavy (non-hydrogen) atoms. The van der Waals surface area contributed by atoms with Crippen LogP contribution in [0.3, 0.4) is 0 Å². The zero-order valence-corrected chi connectivity index (χ0v) is 22.9. The molecule has 3 heterocycles. The van der Waals surface area contributed by atoms with Crippen LogP contribution in [0.25, 0.3) is 0 Å². The molecule has 0 saturated heterocycles. The molecule has 3 aromatic rings. The third-order valence-corrected chi connectivity index (χ3v) is 6.54. The number of carbonyl (C=O) groups excluding carboxylic acids is 1.